The first-order chi connectivity index (χ1) is 30.7. The molecule has 292 valence electrons. The molecule has 0 saturated carbocycles. The lowest BCUT2D eigenvalue weighted by Gasteiger charge is -2.32. The van der Waals surface area contributed by atoms with E-state index in [1.54, 1.807) is 0 Å². The average molecular weight is 794 g/mol. The maximum absolute atomic E-state index is 6.72. The van der Waals surface area contributed by atoms with Gasteiger partial charge >= 0.3 is 0 Å². The summed E-state index contributed by atoms with van der Waals surface area (Å²) in [5, 5.41) is 8.45. The molecule has 0 aliphatic carbocycles. The van der Waals surface area contributed by atoms with Crippen LogP contribution < -0.4 is 15.1 Å². The Morgan fingerprint density at radius 1 is 0.355 bits per heavy atom. The number of fused-ring (bicyclic) bond motifs is 5. The van der Waals surface area contributed by atoms with Crippen LogP contribution in [0, 0.1) is 0 Å². The summed E-state index contributed by atoms with van der Waals surface area (Å²) in [5.41, 5.74) is 17.3. The van der Waals surface area contributed by atoms with Crippen LogP contribution in [0.2, 0.25) is 0 Å². The molecule has 0 amide bonds. The van der Waals surface area contributed by atoms with Gasteiger partial charge in [0.1, 0.15) is 5.58 Å². The maximum atomic E-state index is 6.72. The van der Waals surface area contributed by atoms with Crippen molar-refractivity contribution < 1.29 is 4.42 Å². The van der Waals surface area contributed by atoms with E-state index in [0.717, 1.165) is 78.4 Å². The fourth-order valence-corrected chi connectivity index (χ4v) is 9.31. The Morgan fingerprint density at radius 3 is 1.60 bits per heavy atom. The van der Waals surface area contributed by atoms with Crippen LogP contribution in [0.5, 0.6) is 0 Å². The lowest BCUT2D eigenvalue weighted by molar-refractivity contribution is 0.669. The summed E-state index contributed by atoms with van der Waals surface area (Å²) in [7, 11) is 0. The van der Waals surface area contributed by atoms with E-state index >= 15 is 0 Å². The van der Waals surface area contributed by atoms with Crippen molar-refractivity contribution in [1.82, 2.24) is 0 Å². The van der Waals surface area contributed by atoms with Gasteiger partial charge in [-0.3, -0.25) is 0 Å². The quantitative estimate of drug-likeness (QED) is 0.166. The summed E-state index contributed by atoms with van der Waals surface area (Å²) < 4.78 is 6.72. The zero-order chi connectivity index (χ0) is 41.0. The van der Waals surface area contributed by atoms with E-state index in [0.29, 0.717) is 0 Å². The highest BCUT2D eigenvalue weighted by Crippen LogP contribution is 2.53. The predicted molar refractivity (Wildman–Crippen MR) is 260 cm³/mol. The van der Waals surface area contributed by atoms with Gasteiger partial charge in [-0.15, -0.1) is 0 Å². The Balaban J connectivity index is 1.01. The van der Waals surface area contributed by atoms with E-state index in [2.05, 4.69) is 240 Å². The summed E-state index contributed by atoms with van der Waals surface area (Å²) >= 11 is 0. The topological polar surface area (TPSA) is 31.6 Å². The number of furan rings is 1. The molecule has 0 spiro atoms. The highest BCUT2D eigenvalue weighted by atomic mass is 16.3. The van der Waals surface area contributed by atoms with Crippen molar-refractivity contribution in [2.24, 2.45) is 0 Å². The van der Waals surface area contributed by atoms with Gasteiger partial charge in [0.25, 0.3) is 0 Å². The zero-order valence-electron chi connectivity index (χ0n) is 33.7. The van der Waals surface area contributed by atoms with Crippen LogP contribution in [0.1, 0.15) is 0 Å². The summed E-state index contributed by atoms with van der Waals surface area (Å²) in [6, 6.07) is 82.2. The van der Waals surface area contributed by atoms with E-state index in [-0.39, 0.29) is 0 Å². The molecule has 1 aliphatic rings. The van der Waals surface area contributed by atoms with Gasteiger partial charge in [-0.25, -0.2) is 0 Å². The minimum absolute atomic E-state index is 0.849. The molecular formula is C58H39N3O. The standard InChI is InChI=1S/C58H39N3O/c1-4-15-39(16-5-1)40-29-31-41(32-30-40)42-33-35-46(36-34-42)61(54-27-13-23-49-48-22-10-11-28-55(48)62-58(49)54)47-37-43-17-12-24-50-56(43)52(38-47)59-51-25-14-26-53(57(50)51)60(44-18-6-2-7-19-44)45-20-8-3-9-21-45/h1-38,59H. The summed E-state index contributed by atoms with van der Waals surface area (Å²) in [5.74, 6) is 0. The molecule has 2 heterocycles. The van der Waals surface area contributed by atoms with Crippen LogP contribution in [0.25, 0.3) is 66.1 Å². The fourth-order valence-electron chi connectivity index (χ4n) is 9.31. The van der Waals surface area contributed by atoms with Crippen LogP contribution in [-0.4, -0.2) is 0 Å². The molecule has 4 nitrogen and oxygen atoms in total. The molecule has 4 heteroatoms. The molecule has 0 radical (unpaired) electrons. The molecule has 0 atom stereocenters. The Labute approximate surface area is 360 Å². The van der Waals surface area contributed by atoms with Crippen molar-refractivity contribution in [3.8, 4) is 33.4 Å². The van der Waals surface area contributed by atoms with E-state index in [1.165, 1.54) is 33.2 Å². The number of benzene rings is 10. The molecular weight excluding hydrogens is 755 g/mol. The lowest BCUT2D eigenvalue weighted by Crippen LogP contribution is -2.14. The van der Waals surface area contributed by atoms with Gasteiger partial charge in [0, 0.05) is 55.8 Å². The second-order valence-electron chi connectivity index (χ2n) is 15.8. The third-order valence-corrected chi connectivity index (χ3v) is 12.1. The summed E-state index contributed by atoms with van der Waals surface area (Å²) in [4.78, 5) is 4.70. The molecule has 1 aromatic heterocycles. The van der Waals surface area contributed by atoms with Gasteiger partial charge in [-0.05, 0) is 106 Å². The third-order valence-electron chi connectivity index (χ3n) is 12.1. The minimum Gasteiger partial charge on any atom is -0.454 e. The van der Waals surface area contributed by atoms with Gasteiger partial charge < -0.3 is 19.5 Å². The van der Waals surface area contributed by atoms with E-state index in [1.807, 2.05) is 6.07 Å². The van der Waals surface area contributed by atoms with Gasteiger partial charge in [0.2, 0.25) is 0 Å². The second-order valence-corrected chi connectivity index (χ2v) is 15.8. The van der Waals surface area contributed by atoms with Crippen molar-refractivity contribution in [2.45, 2.75) is 0 Å². The predicted octanol–water partition coefficient (Wildman–Crippen LogP) is 16.7. The Hall–Kier alpha value is -8.34. The van der Waals surface area contributed by atoms with E-state index in [9.17, 15) is 0 Å². The second kappa shape index (κ2) is 14.7. The minimum atomic E-state index is 0.849. The van der Waals surface area contributed by atoms with Crippen molar-refractivity contribution in [3.63, 3.8) is 0 Å². The van der Waals surface area contributed by atoms with Gasteiger partial charge in [-0.2, -0.15) is 0 Å². The van der Waals surface area contributed by atoms with Crippen molar-refractivity contribution in [1.29, 1.82) is 0 Å². The average Bonchev–Trinajstić information content (AvgIpc) is 3.73. The molecule has 0 saturated heterocycles. The third kappa shape index (κ3) is 6.00. The molecule has 1 N–H and O–H groups in total. The molecule has 62 heavy (non-hydrogen) atoms. The van der Waals surface area contributed by atoms with Crippen LogP contribution in [0.3, 0.4) is 0 Å². The van der Waals surface area contributed by atoms with Crippen molar-refractivity contribution in [2.75, 3.05) is 15.1 Å². The van der Waals surface area contributed by atoms with Crippen LogP contribution in [0.15, 0.2) is 235 Å². The first kappa shape index (κ1) is 35.6. The molecule has 1 aliphatic heterocycles. The Kier molecular flexibility index (Phi) is 8.46. The molecule has 0 unspecified atom stereocenters. The van der Waals surface area contributed by atoms with Crippen molar-refractivity contribution >= 4 is 78.2 Å². The van der Waals surface area contributed by atoms with Crippen LogP contribution >= 0.6 is 0 Å². The molecule has 11 aromatic rings. The van der Waals surface area contributed by atoms with Crippen LogP contribution in [0.4, 0.5) is 45.5 Å². The number of nitrogens with zero attached hydrogens (tertiary/aromatic N) is 2. The normalized spacial score (nSPS) is 11.7. The van der Waals surface area contributed by atoms with Gasteiger partial charge in [0.15, 0.2) is 5.58 Å². The van der Waals surface area contributed by atoms with Crippen molar-refractivity contribution in [3.05, 3.63) is 231 Å². The van der Waals surface area contributed by atoms with Crippen LogP contribution in [-0.2, 0) is 0 Å². The first-order valence-corrected chi connectivity index (χ1v) is 21.1. The van der Waals surface area contributed by atoms with Gasteiger partial charge in [0.05, 0.1) is 11.4 Å². The Bertz CT molecular complexity index is 3380. The highest BCUT2D eigenvalue weighted by Gasteiger charge is 2.27. The maximum Gasteiger partial charge on any atom is 0.159 e. The fraction of sp³-hybridized carbons (Fsp3) is 0. The molecule has 0 bridgehead atoms. The number of nitrogens with one attached hydrogen (secondary N) is 1. The monoisotopic (exact) mass is 793 g/mol. The summed E-state index contributed by atoms with van der Waals surface area (Å²) in [6.07, 6.45) is 0. The highest BCUT2D eigenvalue weighted by molar-refractivity contribution is 6.16. The molecule has 12 rings (SSSR count). The molecule has 0 fully saturated rings. The number of para-hydroxylation sites is 4. The number of anilines is 8. The lowest BCUT2D eigenvalue weighted by atomic mass is 9.90. The number of rotatable bonds is 8. The smallest absolute Gasteiger partial charge is 0.159 e. The van der Waals surface area contributed by atoms with E-state index < -0.39 is 0 Å². The largest absolute Gasteiger partial charge is 0.454 e. The zero-order valence-corrected chi connectivity index (χ0v) is 33.7. The number of hydrogen-bond acceptors (Lipinski definition) is 4. The number of hydrogen-bond donors (Lipinski definition) is 1. The SMILES string of the molecule is c1ccc(-c2ccc(-c3ccc(N(c4cc5c6c(cccc6c4)-c4c(cccc4N(c4ccccc4)c4ccccc4)N5)c4cccc5c4oc4ccccc45)cc3)cc2)cc1. The first-order valence-electron chi connectivity index (χ1n) is 21.1. The van der Waals surface area contributed by atoms with E-state index in [4.69, 9.17) is 4.42 Å². The Morgan fingerprint density at radius 2 is 0.887 bits per heavy atom. The summed E-state index contributed by atoms with van der Waals surface area (Å²) in [6.45, 7) is 0. The molecule has 10 aromatic carbocycles. The van der Waals surface area contributed by atoms with Gasteiger partial charge in [-0.1, -0.05) is 158 Å².